The van der Waals surface area contributed by atoms with Gasteiger partial charge in [0.05, 0.1) is 31.9 Å². The Labute approximate surface area is 150 Å². The fourth-order valence-electron chi connectivity index (χ4n) is 3.01. The predicted molar refractivity (Wildman–Crippen MR) is 92.2 cm³/mol. The third kappa shape index (κ3) is 4.12. The first-order valence-electron chi connectivity index (χ1n) is 8.03. The lowest BCUT2D eigenvalue weighted by atomic mass is 9.95. The highest BCUT2D eigenvalue weighted by atomic mass is 35.5. The van der Waals surface area contributed by atoms with Gasteiger partial charge in [-0.15, -0.1) is 0 Å². The molecule has 25 heavy (non-hydrogen) atoms. The molecule has 2 amide bonds. The molecule has 8 heteroatoms. The van der Waals surface area contributed by atoms with E-state index in [1.807, 2.05) is 6.07 Å². The second-order valence-electron chi connectivity index (χ2n) is 5.86. The van der Waals surface area contributed by atoms with Crippen molar-refractivity contribution in [3.8, 4) is 0 Å². The van der Waals surface area contributed by atoms with Gasteiger partial charge in [-0.25, -0.2) is 9.59 Å². The van der Waals surface area contributed by atoms with Gasteiger partial charge in [0.1, 0.15) is 0 Å². The molecule has 0 aliphatic carbocycles. The number of nitrogens with one attached hydrogen (secondary N) is 2. The number of rotatable bonds is 4. The second-order valence-corrected chi connectivity index (χ2v) is 6.30. The lowest BCUT2D eigenvalue weighted by Crippen LogP contribution is -2.49. The molecule has 2 N–H and O–H groups in total. The van der Waals surface area contributed by atoms with Gasteiger partial charge < -0.3 is 20.1 Å². The maximum Gasteiger partial charge on any atom is 0.338 e. The van der Waals surface area contributed by atoms with Crippen LogP contribution in [-0.2, 0) is 14.3 Å². The quantitative estimate of drug-likeness (QED) is 0.789. The van der Waals surface area contributed by atoms with Crippen LogP contribution in [0, 0.1) is 0 Å². The minimum atomic E-state index is -0.615. The normalized spacial score (nSPS) is 21.5. The first-order valence-corrected chi connectivity index (χ1v) is 8.40. The number of urea groups is 1. The summed E-state index contributed by atoms with van der Waals surface area (Å²) in [6, 6.07) is 6.09. The Kier molecular flexibility index (Phi) is 5.57. The summed E-state index contributed by atoms with van der Waals surface area (Å²) in [7, 11) is 1.33. The van der Waals surface area contributed by atoms with Crippen molar-refractivity contribution in [2.45, 2.75) is 6.04 Å². The summed E-state index contributed by atoms with van der Waals surface area (Å²) in [6.07, 6.45) is 0. The van der Waals surface area contributed by atoms with Crippen molar-refractivity contribution >= 4 is 23.6 Å². The number of carbonyl (C=O) groups is 2. The summed E-state index contributed by atoms with van der Waals surface area (Å²) in [4.78, 5) is 26.7. The van der Waals surface area contributed by atoms with Crippen molar-refractivity contribution in [2.24, 2.45) is 0 Å². The molecule has 1 atom stereocenters. The molecule has 2 aliphatic rings. The number of halogens is 1. The number of morpholine rings is 1. The topological polar surface area (TPSA) is 79.9 Å². The van der Waals surface area contributed by atoms with Crippen LogP contribution in [0.15, 0.2) is 35.5 Å². The van der Waals surface area contributed by atoms with Crippen LogP contribution in [0.25, 0.3) is 0 Å². The summed E-state index contributed by atoms with van der Waals surface area (Å²) in [5.74, 6) is -0.485. The summed E-state index contributed by atoms with van der Waals surface area (Å²) in [6.45, 7) is 3.18. The lowest BCUT2D eigenvalue weighted by molar-refractivity contribution is -0.136. The van der Waals surface area contributed by atoms with Crippen LogP contribution in [0.4, 0.5) is 4.79 Å². The molecule has 1 fully saturated rings. The van der Waals surface area contributed by atoms with E-state index in [4.69, 9.17) is 21.1 Å². The number of ether oxygens (including phenoxy) is 2. The van der Waals surface area contributed by atoms with Crippen LogP contribution in [0.3, 0.4) is 0 Å². The van der Waals surface area contributed by atoms with Gasteiger partial charge in [0.15, 0.2) is 0 Å². The molecule has 0 unspecified atom stereocenters. The Hall–Kier alpha value is -2.09. The van der Waals surface area contributed by atoms with Crippen molar-refractivity contribution in [1.82, 2.24) is 15.5 Å². The number of hydrogen-bond acceptors (Lipinski definition) is 5. The van der Waals surface area contributed by atoms with E-state index < -0.39 is 12.0 Å². The van der Waals surface area contributed by atoms with Crippen molar-refractivity contribution in [3.63, 3.8) is 0 Å². The molecule has 1 aromatic rings. The molecule has 1 aromatic carbocycles. The lowest BCUT2D eigenvalue weighted by Gasteiger charge is -2.33. The maximum absolute atomic E-state index is 12.4. The number of methoxy groups -OCH3 is 1. The maximum atomic E-state index is 12.4. The van der Waals surface area contributed by atoms with E-state index in [1.54, 1.807) is 18.2 Å². The molecular formula is C17H20ClN3O4. The van der Waals surface area contributed by atoms with Gasteiger partial charge in [0.2, 0.25) is 0 Å². The largest absolute Gasteiger partial charge is 0.466 e. The minimum absolute atomic E-state index is 0.360. The fraction of sp³-hybridized carbons (Fsp3) is 0.412. The molecule has 0 radical (unpaired) electrons. The van der Waals surface area contributed by atoms with Crippen LogP contribution in [0.2, 0.25) is 5.02 Å². The molecule has 7 nitrogen and oxygen atoms in total. The van der Waals surface area contributed by atoms with Crippen LogP contribution in [0.5, 0.6) is 0 Å². The van der Waals surface area contributed by atoms with Crippen LogP contribution < -0.4 is 10.6 Å². The van der Waals surface area contributed by atoms with Gasteiger partial charge >= 0.3 is 12.0 Å². The molecule has 134 valence electrons. The molecule has 1 saturated heterocycles. The molecule has 2 heterocycles. The zero-order valence-electron chi connectivity index (χ0n) is 13.9. The van der Waals surface area contributed by atoms with Crippen molar-refractivity contribution < 1.29 is 19.1 Å². The molecule has 2 aliphatic heterocycles. The van der Waals surface area contributed by atoms with Crippen molar-refractivity contribution in [3.05, 3.63) is 46.1 Å². The van der Waals surface area contributed by atoms with E-state index in [0.29, 0.717) is 36.1 Å². The Balaban J connectivity index is 1.98. The van der Waals surface area contributed by atoms with Crippen molar-refractivity contribution in [2.75, 3.05) is 40.0 Å². The SMILES string of the molecule is COC(=O)C1=C(CN2CCOCC2)NC(=O)N[C@@H]1c1cccc(Cl)c1. The third-order valence-corrected chi connectivity index (χ3v) is 4.46. The standard InChI is InChI=1S/C17H20ClN3O4/c1-24-16(22)14-13(10-21-5-7-25-8-6-21)19-17(23)20-15(14)11-3-2-4-12(18)9-11/h2-4,9,15H,5-8,10H2,1H3,(H2,19,20,23)/t15-/m1/s1. The molecular weight excluding hydrogens is 346 g/mol. The van der Waals surface area contributed by atoms with Crippen LogP contribution in [0.1, 0.15) is 11.6 Å². The number of esters is 1. The summed E-state index contributed by atoms with van der Waals surface area (Å²) >= 11 is 6.07. The van der Waals surface area contributed by atoms with Gasteiger partial charge in [0, 0.05) is 30.4 Å². The van der Waals surface area contributed by atoms with E-state index in [-0.39, 0.29) is 6.03 Å². The first kappa shape index (κ1) is 17.7. The zero-order valence-corrected chi connectivity index (χ0v) is 14.6. The van der Waals surface area contributed by atoms with Gasteiger partial charge in [0.25, 0.3) is 0 Å². The number of nitrogens with zero attached hydrogens (tertiary/aromatic N) is 1. The monoisotopic (exact) mass is 365 g/mol. The number of carbonyl (C=O) groups excluding carboxylic acids is 2. The van der Waals surface area contributed by atoms with Crippen molar-refractivity contribution in [1.29, 1.82) is 0 Å². The molecule has 0 aromatic heterocycles. The average Bonchev–Trinajstić information content (AvgIpc) is 2.61. The van der Waals surface area contributed by atoms with E-state index in [9.17, 15) is 9.59 Å². The second kappa shape index (κ2) is 7.86. The van der Waals surface area contributed by atoms with E-state index in [0.717, 1.165) is 18.7 Å². The first-order chi connectivity index (χ1) is 12.1. The van der Waals surface area contributed by atoms with Gasteiger partial charge in [-0.2, -0.15) is 0 Å². The zero-order chi connectivity index (χ0) is 17.8. The molecule has 0 bridgehead atoms. The van der Waals surface area contributed by atoms with Gasteiger partial charge in [-0.05, 0) is 17.7 Å². The number of benzene rings is 1. The van der Waals surface area contributed by atoms with E-state index in [2.05, 4.69) is 15.5 Å². The third-order valence-electron chi connectivity index (χ3n) is 4.23. The summed E-state index contributed by atoms with van der Waals surface area (Å²) < 4.78 is 10.3. The summed E-state index contributed by atoms with van der Waals surface area (Å²) in [5, 5.41) is 6.07. The molecule has 3 rings (SSSR count). The minimum Gasteiger partial charge on any atom is -0.466 e. The fourth-order valence-corrected chi connectivity index (χ4v) is 3.21. The predicted octanol–water partition coefficient (Wildman–Crippen LogP) is 1.45. The number of amides is 2. The molecule has 0 spiro atoms. The highest BCUT2D eigenvalue weighted by molar-refractivity contribution is 6.30. The Bertz CT molecular complexity index is 701. The number of hydrogen-bond donors (Lipinski definition) is 2. The van der Waals surface area contributed by atoms with Crippen LogP contribution >= 0.6 is 11.6 Å². The molecule has 0 saturated carbocycles. The van der Waals surface area contributed by atoms with Gasteiger partial charge in [-0.3, -0.25) is 4.90 Å². The van der Waals surface area contributed by atoms with E-state index in [1.165, 1.54) is 7.11 Å². The highest BCUT2D eigenvalue weighted by Crippen LogP contribution is 2.29. The van der Waals surface area contributed by atoms with Gasteiger partial charge in [-0.1, -0.05) is 23.7 Å². The summed E-state index contributed by atoms with van der Waals surface area (Å²) in [5.41, 5.74) is 1.65. The van der Waals surface area contributed by atoms with Crippen LogP contribution in [-0.4, -0.2) is 56.9 Å². The average molecular weight is 366 g/mol. The highest BCUT2D eigenvalue weighted by Gasteiger charge is 2.34. The Morgan fingerprint density at radius 3 is 2.84 bits per heavy atom. The Morgan fingerprint density at radius 1 is 1.40 bits per heavy atom. The Morgan fingerprint density at radius 2 is 2.16 bits per heavy atom. The smallest absolute Gasteiger partial charge is 0.338 e. The van der Waals surface area contributed by atoms with E-state index >= 15 is 0 Å².